The number of aliphatic hydroxyl groups excluding tert-OH is 1. The van der Waals surface area contributed by atoms with Crippen molar-refractivity contribution < 1.29 is 24.5 Å². The van der Waals surface area contributed by atoms with Gasteiger partial charge in [-0.3, -0.25) is 14.7 Å². The SMILES string of the molecule is Cc1ccc(CN2C(=O)c3cc(C(C)(C)O)cc(F)c3C2(O)c2ccc(Cl)cc2)nc1.OC1CCCC1. The van der Waals surface area contributed by atoms with Gasteiger partial charge in [-0.25, -0.2) is 4.39 Å². The van der Waals surface area contributed by atoms with Crippen molar-refractivity contribution in [2.24, 2.45) is 0 Å². The molecule has 1 aromatic heterocycles. The van der Waals surface area contributed by atoms with Crippen LogP contribution in [0.15, 0.2) is 54.7 Å². The van der Waals surface area contributed by atoms with Crippen LogP contribution in [0.25, 0.3) is 0 Å². The van der Waals surface area contributed by atoms with Crippen molar-refractivity contribution >= 4 is 17.5 Å². The number of hydrogen-bond donors (Lipinski definition) is 3. The smallest absolute Gasteiger partial charge is 0.257 e. The lowest BCUT2D eigenvalue weighted by atomic mass is 9.89. The fourth-order valence-corrected chi connectivity index (χ4v) is 4.86. The van der Waals surface area contributed by atoms with E-state index in [0.29, 0.717) is 16.3 Å². The minimum Gasteiger partial charge on any atom is -0.393 e. The van der Waals surface area contributed by atoms with E-state index in [1.54, 1.807) is 36.5 Å². The van der Waals surface area contributed by atoms with Gasteiger partial charge in [-0.15, -0.1) is 0 Å². The number of aliphatic hydroxyl groups is 3. The lowest BCUT2D eigenvalue weighted by Gasteiger charge is -2.35. The first-order chi connectivity index (χ1) is 17.4. The van der Waals surface area contributed by atoms with Crippen molar-refractivity contribution in [3.63, 3.8) is 0 Å². The fourth-order valence-electron chi connectivity index (χ4n) is 4.74. The Bertz CT molecular complexity index is 1270. The summed E-state index contributed by atoms with van der Waals surface area (Å²) in [7, 11) is 0. The number of hydrogen-bond acceptors (Lipinski definition) is 5. The summed E-state index contributed by atoms with van der Waals surface area (Å²) in [6.07, 6.45) is 6.27. The molecule has 1 saturated carbocycles. The summed E-state index contributed by atoms with van der Waals surface area (Å²) in [5.41, 5.74) is -1.54. The third kappa shape index (κ3) is 5.55. The van der Waals surface area contributed by atoms with Gasteiger partial charge in [0.1, 0.15) is 5.82 Å². The first-order valence-electron chi connectivity index (χ1n) is 12.4. The van der Waals surface area contributed by atoms with E-state index in [-0.39, 0.29) is 29.3 Å². The highest BCUT2D eigenvalue weighted by molar-refractivity contribution is 6.30. The van der Waals surface area contributed by atoms with Crippen molar-refractivity contribution in [1.29, 1.82) is 0 Å². The second-order valence-electron chi connectivity index (χ2n) is 10.3. The monoisotopic (exact) mass is 526 g/mol. The van der Waals surface area contributed by atoms with E-state index in [2.05, 4.69) is 4.98 Å². The number of carbonyl (C=O) groups excluding carboxylic acids is 1. The zero-order chi connectivity index (χ0) is 27.0. The molecule has 3 aromatic rings. The Labute approximate surface area is 221 Å². The molecule has 2 aromatic carbocycles. The van der Waals surface area contributed by atoms with Gasteiger partial charge in [0, 0.05) is 16.8 Å². The number of aromatic nitrogens is 1. The Morgan fingerprint density at radius 1 is 1.14 bits per heavy atom. The molecule has 196 valence electrons. The standard InChI is InChI=1S/C24H22ClFN2O3.C5H10O/c1-14-4-9-18(27-12-14)13-28-22(29)19-10-16(23(2,3)30)11-20(26)21(19)24(28,31)15-5-7-17(25)8-6-15;6-5-3-1-2-4-5/h4-12,30-31H,13H2,1-3H3;5-6H,1-4H2. The highest BCUT2D eigenvalue weighted by atomic mass is 35.5. The predicted molar refractivity (Wildman–Crippen MR) is 139 cm³/mol. The van der Waals surface area contributed by atoms with Gasteiger partial charge in [0.15, 0.2) is 5.72 Å². The van der Waals surface area contributed by atoms with Gasteiger partial charge in [0.2, 0.25) is 0 Å². The summed E-state index contributed by atoms with van der Waals surface area (Å²) in [5.74, 6) is -1.33. The van der Waals surface area contributed by atoms with Crippen LogP contribution >= 0.6 is 11.6 Å². The van der Waals surface area contributed by atoms with Crippen LogP contribution in [0.1, 0.15) is 77.8 Å². The van der Waals surface area contributed by atoms with Crippen LogP contribution in [0.5, 0.6) is 0 Å². The molecule has 1 fully saturated rings. The maximum Gasteiger partial charge on any atom is 0.257 e. The van der Waals surface area contributed by atoms with Gasteiger partial charge < -0.3 is 15.3 Å². The van der Waals surface area contributed by atoms with Crippen molar-refractivity contribution in [3.05, 3.63) is 99.1 Å². The zero-order valence-corrected chi connectivity index (χ0v) is 22.0. The van der Waals surface area contributed by atoms with Crippen LogP contribution < -0.4 is 0 Å². The van der Waals surface area contributed by atoms with Crippen molar-refractivity contribution in [3.8, 4) is 0 Å². The maximum atomic E-state index is 15.4. The topological polar surface area (TPSA) is 93.9 Å². The first kappa shape index (κ1) is 27.2. The second kappa shape index (κ2) is 10.5. The van der Waals surface area contributed by atoms with Crippen molar-refractivity contribution in [2.45, 2.75) is 70.4 Å². The molecule has 2 aliphatic rings. The molecule has 1 atom stereocenters. The van der Waals surface area contributed by atoms with Gasteiger partial charge in [0.05, 0.1) is 35.1 Å². The molecule has 1 unspecified atom stereocenters. The van der Waals surface area contributed by atoms with Gasteiger partial charge in [0.25, 0.3) is 5.91 Å². The Morgan fingerprint density at radius 3 is 2.30 bits per heavy atom. The molecule has 6 nitrogen and oxygen atoms in total. The van der Waals surface area contributed by atoms with Crippen LogP contribution in [-0.2, 0) is 17.9 Å². The van der Waals surface area contributed by atoms with E-state index in [0.717, 1.165) is 24.5 Å². The second-order valence-corrected chi connectivity index (χ2v) is 10.7. The minimum absolute atomic E-state index is 0.00156. The fraction of sp³-hybridized carbons (Fsp3) is 0.379. The highest BCUT2D eigenvalue weighted by Crippen LogP contribution is 2.45. The molecular formula is C29H32ClFN2O4. The Kier molecular flexibility index (Phi) is 7.72. The number of pyridine rings is 1. The number of nitrogens with zero attached hydrogens (tertiary/aromatic N) is 2. The molecule has 1 aliphatic heterocycles. The molecule has 0 saturated heterocycles. The van der Waals surface area contributed by atoms with Crippen molar-refractivity contribution in [2.75, 3.05) is 0 Å². The molecule has 3 N–H and O–H groups in total. The molecule has 0 bridgehead atoms. The third-order valence-corrected chi connectivity index (χ3v) is 7.13. The number of rotatable bonds is 4. The van der Waals surface area contributed by atoms with Crippen LogP contribution in [-0.4, -0.2) is 37.2 Å². The molecule has 1 amide bonds. The summed E-state index contributed by atoms with van der Waals surface area (Å²) in [6.45, 7) is 4.87. The predicted octanol–water partition coefficient (Wildman–Crippen LogP) is 5.18. The zero-order valence-electron chi connectivity index (χ0n) is 21.2. The molecule has 8 heteroatoms. The van der Waals surface area contributed by atoms with E-state index in [4.69, 9.17) is 16.7 Å². The highest BCUT2D eigenvalue weighted by Gasteiger charge is 2.52. The molecule has 2 heterocycles. The van der Waals surface area contributed by atoms with E-state index < -0.39 is 23.1 Å². The molecule has 5 rings (SSSR count). The summed E-state index contributed by atoms with van der Waals surface area (Å²) in [6, 6.07) is 12.5. The summed E-state index contributed by atoms with van der Waals surface area (Å²) in [4.78, 5) is 18.9. The number of halogens is 2. The summed E-state index contributed by atoms with van der Waals surface area (Å²) < 4.78 is 15.4. The van der Waals surface area contributed by atoms with Crippen molar-refractivity contribution in [1.82, 2.24) is 9.88 Å². The van der Waals surface area contributed by atoms with Gasteiger partial charge in [-0.1, -0.05) is 42.6 Å². The van der Waals surface area contributed by atoms with E-state index in [1.807, 2.05) is 13.0 Å². The maximum absolute atomic E-state index is 15.4. The van der Waals surface area contributed by atoms with Crippen LogP contribution in [0.2, 0.25) is 5.02 Å². The summed E-state index contributed by atoms with van der Waals surface area (Å²) in [5, 5.41) is 31.4. The molecular weight excluding hydrogens is 495 g/mol. The molecule has 37 heavy (non-hydrogen) atoms. The average Bonchev–Trinajstić information content (AvgIpc) is 3.40. The minimum atomic E-state index is -2.06. The lowest BCUT2D eigenvalue weighted by molar-refractivity contribution is -0.0567. The average molecular weight is 527 g/mol. The Balaban J connectivity index is 0.000000469. The number of fused-ring (bicyclic) bond motifs is 1. The van der Waals surface area contributed by atoms with Crippen LogP contribution in [0.4, 0.5) is 4.39 Å². The molecule has 0 radical (unpaired) electrons. The van der Waals surface area contributed by atoms with E-state index in [9.17, 15) is 15.0 Å². The number of benzene rings is 2. The summed E-state index contributed by atoms with van der Waals surface area (Å²) >= 11 is 6.00. The van der Waals surface area contributed by atoms with E-state index in [1.165, 1.54) is 37.7 Å². The van der Waals surface area contributed by atoms with Gasteiger partial charge in [-0.2, -0.15) is 0 Å². The van der Waals surface area contributed by atoms with Gasteiger partial charge >= 0.3 is 0 Å². The van der Waals surface area contributed by atoms with Crippen LogP contribution in [0.3, 0.4) is 0 Å². The third-order valence-electron chi connectivity index (χ3n) is 6.88. The molecule has 0 spiro atoms. The largest absolute Gasteiger partial charge is 0.393 e. The number of carbonyl (C=O) groups is 1. The Hall–Kier alpha value is -2.84. The van der Waals surface area contributed by atoms with Gasteiger partial charge in [-0.05, 0) is 75.1 Å². The number of amides is 1. The lowest BCUT2D eigenvalue weighted by Crippen LogP contribution is -2.44. The van der Waals surface area contributed by atoms with E-state index >= 15 is 4.39 Å². The Morgan fingerprint density at radius 2 is 1.78 bits per heavy atom. The van der Waals surface area contributed by atoms with Crippen LogP contribution in [0, 0.1) is 12.7 Å². The first-order valence-corrected chi connectivity index (χ1v) is 12.8. The quantitative estimate of drug-likeness (QED) is 0.435. The number of aryl methyl sites for hydroxylation is 1. The normalized spacial score (nSPS) is 19.6. The molecule has 1 aliphatic carbocycles.